The fourth-order valence-electron chi connectivity index (χ4n) is 3.19. The lowest BCUT2D eigenvalue weighted by molar-refractivity contribution is -0.270. The van der Waals surface area contributed by atoms with E-state index in [1.54, 1.807) is 0 Å². The zero-order valence-corrected chi connectivity index (χ0v) is 15.8. The van der Waals surface area contributed by atoms with E-state index in [2.05, 4.69) is 0 Å². The van der Waals surface area contributed by atoms with Gasteiger partial charge < -0.3 is 35.2 Å². The van der Waals surface area contributed by atoms with Crippen LogP contribution in [0.2, 0.25) is 0 Å². The Hall–Kier alpha value is -2.07. The molecule has 1 saturated heterocycles. The first kappa shape index (κ1) is 25.2. The van der Waals surface area contributed by atoms with Gasteiger partial charge in [-0.05, 0) is 6.08 Å². The van der Waals surface area contributed by atoms with Gasteiger partial charge in [0.1, 0.15) is 18.3 Å². The van der Waals surface area contributed by atoms with E-state index in [9.17, 15) is 46.9 Å². The summed E-state index contributed by atoms with van der Waals surface area (Å²) in [5.74, 6) is -11.0. The number of halogens is 5. The largest absolute Gasteiger partial charge is 0.478 e. The number of aliphatic hydroxyl groups excluding tert-OH is 3. The third kappa shape index (κ3) is 5.41. The molecule has 0 aliphatic carbocycles. The number of aliphatic carboxylic acids is 1. The Morgan fingerprint density at radius 3 is 2.26 bits per heavy atom. The Balaban J connectivity index is 2.47. The summed E-state index contributed by atoms with van der Waals surface area (Å²) in [7, 11) is 0. The van der Waals surface area contributed by atoms with E-state index in [1.807, 2.05) is 0 Å². The van der Waals surface area contributed by atoms with E-state index in [0.29, 0.717) is 0 Å². The summed E-state index contributed by atoms with van der Waals surface area (Å²) in [6.07, 6.45) is -11.5. The van der Waals surface area contributed by atoms with Gasteiger partial charge in [0.25, 0.3) is 0 Å². The number of carbonyl (C=O) groups excluding carboxylic acids is 1. The molecule has 0 unspecified atom stereocenters. The molecule has 2 heterocycles. The predicted molar refractivity (Wildman–Crippen MR) is 88.8 cm³/mol. The van der Waals surface area contributed by atoms with Crippen LogP contribution in [0.4, 0.5) is 22.0 Å². The molecule has 0 spiro atoms. The van der Waals surface area contributed by atoms with Crippen LogP contribution in [0.5, 0.6) is 0 Å². The molecule has 0 radical (unpaired) electrons. The van der Waals surface area contributed by atoms with Crippen LogP contribution in [0.1, 0.15) is 0 Å². The van der Waals surface area contributed by atoms with Crippen LogP contribution in [0.3, 0.4) is 0 Å². The van der Waals surface area contributed by atoms with Gasteiger partial charge >= 0.3 is 24.0 Å². The topological polar surface area (TPSA) is 149 Å². The average molecular weight is 464 g/mol. The lowest BCUT2D eigenvalue weighted by Crippen LogP contribution is -2.67. The molecule has 178 valence electrons. The highest BCUT2D eigenvalue weighted by molar-refractivity contribution is 5.86. The Morgan fingerprint density at radius 1 is 1.19 bits per heavy atom. The van der Waals surface area contributed by atoms with Gasteiger partial charge in [0.15, 0.2) is 0 Å². The normalized spacial score (nSPS) is 27.6. The molecule has 2 rings (SSSR count). The van der Waals surface area contributed by atoms with Crippen molar-refractivity contribution < 1.29 is 61.4 Å². The third-order valence-electron chi connectivity index (χ3n) is 4.84. The molecule has 0 aromatic carbocycles. The molecule has 15 heteroatoms. The second-order valence-electron chi connectivity index (χ2n) is 6.87. The van der Waals surface area contributed by atoms with Gasteiger partial charge in [-0.3, -0.25) is 9.69 Å². The number of nitrogens with one attached hydrogen (secondary N) is 1. The van der Waals surface area contributed by atoms with Crippen molar-refractivity contribution in [3.63, 3.8) is 0 Å². The molecular weight excluding hydrogens is 443 g/mol. The van der Waals surface area contributed by atoms with Crippen LogP contribution < -0.4 is 5.32 Å². The number of carboxylic acid groups (broad SMARTS) is 1. The third-order valence-corrected chi connectivity index (χ3v) is 4.84. The first-order valence-corrected chi connectivity index (χ1v) is 8.97. The van der Waals surface area contributed by atoms with Gasteiger partial charge in [0.2, 0.25) is 5.76 Å². The zero-order valence-electron chi connectivity index (χ0n) is 15.8. The quantitative estimate of drug-likeness (QED) is 0.283. The maximum Gasteiger partial charge on any atom is 0.463 e. The number of hydrogen-bond acceptors (Lipinski definition) is 8. The van der Waals surface area contributed by atoms with Crippen molar-refractivity contribution in [3.8, 4) is 0 Å². The van der Waals surface area contributed by atoms with Gasteiger partial charge in [-0.25, -0.2) is 4.79 Å². The van der Waals surface area contributed by atoms with E-state index in [1.165, 1.54) is 10.2 Å². The van der Waals surface area contributed by atoms with Gasteiger partial charge in [-0.15, -0.1) is 0 Å². The Labute approximate surface area is 171 Å². The minimum absolute atomic E-state index is 0.0848. The van der Waals surface area contributed by atoms with E-state index >= 15 is 0 Å². The highest BCUT2D eigenvalue weighted by Crippen LogP contribution is 2.36. The molecule has 2 aliphatic rings. The Morgan fingerprint density at radius 2 is 1.77 bits per heavy atom. The van der Waals surface area contributed by atoms with Crippen molar-refractivity contribution in [2.75, 3.05) is 32.9 Å². The summed E-state index contributed by atoms with van der Waals surface area (Å²) in [5, 5.41) is 39.8. The number of rotatable bonds is 7. The maximum absolute atomic E-state index is 13.5. The molecule has 0 aromatic rings. The smallest absolute Gasteiger partial charge is 0.463 e. The number of aliphatic hydroxyl groups is 3. The van der Waals surface area contributed by atoms with Crippen molar-refractivity contribution in [3.05, 3.63) is 11.8 Å². The summed E-state index contributed by atoms with van der Waals surface area (Å²) >= 11 is 0. The molecule has 5 N–H and O–H groups in total. The highest BCUT2D eigenvalue weighted by Gasteiger charge is 2.64. The van der Waals surface area contributed by atoms with E-state index in [4.69, 9.17) is 14.6 Å². The predicted octanol–water partition coefficient (Wildman–Crippen LogP) is -1.55. The van der Waals surface area contributed by atoms with Crippen molar-refractivity contribution in [1.29, 1.82) is 0 Å². The maximum atomic E-state index is 13.5. The molecule has 1 amide bonds. The monoisotopic (exact) mass is 464 g/mol. The zero-order chi connectivity index (χ0) is 23.6. The standard InChI is InChI=1S/C16H21F5N2O8/c17-15(18,16(19,20)21)14(29)22-10-7(23-1-3-30-4-2-23)5-9(13(27)28)31-12(10)11(26)8(25)6-24/h5,7-8,10-12,24-26H,1-4,6H2,(H,22,29)(H,27,28)/t7-,8-,10-,11+,12+/m1/s1. The molecule has 0 aromatic heterocycles. The Kier molecular flexibility index (Phi) is 7.80. The number of hydrogen-bond donors (Lipinski definition) is 5. The molecule has 1 fully saturated rings. The van der Waals surface area contributed by atoms with E-state index in [-0.39, 0.29) is 26.3 Å². The van der Waals surface area contributed by atoms with E-state index < -0.39 is 66.7 Å². The van der Waals surface area contributed by atoms with E-state index in [0.717, 1.165) is 6.08 Å². The Bertz CT molecular complexity index is 698. The summed E-state index contributed by atoms with van der Waals surface area (Å²) in [6.45, 7) is -0.684. The summed E-state index contributed by atoms with van der Waals surface area (Å²) in [5.41, 5.74) is 0. The van der Waals surface area contributed by atoms with Crippen LogP contribution in [-0.2, 0) is 19.1 Å². The number of ether oxygens (including phenoxy) is 2. The molecule has 2 aliphatic heterocycles. The summed E-state index contributed by atoms with van der Waals surface area (Å²) in [6, 6.07) is -3.17. The number of carboxylic acids is 1. The molecule has 0 saturated carbocycles. The van der Waals surface area contributed by atoms with Gasteiger partial charge in [0, 0.05) is 13.1 Å². The number of amides is 1. The minimum Gasteiger partial charge on any atom is -0.478 e. The summed E-state index contributed by atoms with van der Waals surface area (Å²) in [4.78, 5) is 24.7. The fourth-order valence-corrected chi connectivity index (χ4v) is 3.19. The second kappa shape index (κ2) is 9.60. The SMILES string of the molecule is O=C(O)C1=C[C@@H](N2CCOCC2)[C@@H](NC(=O)C(F)(F)C(F)(F)F)[C@@H]([C@@H](O)[C@H](O)CO)O1. The first-order chi connectivity index (χ1) is 14.3. The van der Waals surface area contributed by atoms with Gasteiger partial charge in [-0.2, -0.15) is 22.0 Å². The van der Waals surface area contributed by atoms with Crippen molar-refractivity contribution in [2.45, 2.75) is 42.5 Å². The van der Waals surface area contributed by atoms with Crippen LogP contribution in [0, 0.1) is 0 Å². The molecule has 0 bridgehead atoms. The molecule has 5 atom stereocenters. The highest BCUT2D eigenvalue weighted by atomic mass is 19.4. The average Bonchev–Trinajstić information content (AvgIpc) is 2.72. The molecule has 31 heavy (non-hydrogen) atoms. The summed E-state index contributed by atoms with van der Waals surface area (Å²) < 4.78 is 75.0. The van der Waals surface area contributed by atoms with Crippen LogP contribution in [-0.4, -0.2) is 113 Å². The second-order valence-corrected chi connectivity index (χ2v) is 6.87. The van der Waals surface area contributed by atoms with Crippen LogP contribution >= 0.6 is 0 Å². The van der Waals surface area contributed by atoms with Crippen molar-refractivity contribution in [1.82, 2.24) is 10.2 Å². The van der Waals surface area contributed by atoms with Crippen molar-refractivity contribution >= 4 is 11.9 Å². The number of morpholine rings is 1. The number of carbonyl (C=O) groups is 2. The molecule has 10 nitrogen and oxygen atoms in total. The van der Waals surface area contributed by atoms with Gasteiger partial charge in [0.05, 0.1) is 31.9 Å². The lowest BCUT2D eigenvalue weighted by atomic mass is 9.90. The molecular formula is C16H21F5N2O8. The number of alkyl halides is 5. The first-order valence-electron chi connectivity index (χ1n) is 8.97. The van der Waals surface area contributed by atoms with Crippen LogP contribution in [0.15, 0.2) is 11.8 Å². The number of nitrogens with zero attached hydrogens (tertiary/aromatic N) is 1. The van der Waals surface area contributed by atoms with Gasteiger partial charge in [-0.1, -0.05) is 0 Å². The minimum atomic E-state index is -6.22. The van der Waals surface area contributed by atoms with Crippen LogP contribution in [0.25, 0.3) is 0 Å². The fraction of sp³-hybridized carbons (Fsp3) is 0.750. The van der Waals surface area contributed by atoms with Crippen molar-refractivity contribution in [2.24, 2.45) is 0 Å². The lowest BCUT2D eigenvalue weighted by Gasteiger charge is -2.45.